The maximum Gasteiger partial charge on any atom is 0.258 e. The average Bonchev–Trinajstić information content (AvgIpc) is 3.15. The number of nitrogens with zero attached hydrogens (tertiary/aromatic N) is 4. The molecule has 0 saturated carbocycles. The first kappa shape index (κ1) is 28.9. The van der Waals surface area contributed by atoms with Crippen LogP contribution in [-0.2, 0) is 33.0 Å². The van der Waals surface area contributed by atoms with E-state index in [1.54, 1.807) is 0 Å². The Morgan fingerprint density at radius 2 is 1.74 bits per heavy atom. The molecule has 2 aromatic carbocycles. The van der Waals surface area contributed by atoms with Crippen LogP contribution in [-0.4, -0.2) is 81.7 Å². The molecule has 0 radical (unpaired) electrons. The second-order valence-corrected chi connectivity index (χ2v) is 13.9. The summed E-state index contributed by atoms with van der Waals surface area (Å²) in [5.74, 6) is -2.81. The SMILES string of the molecule is CN(CCN1Cc2c(c(O)c3ncc(Cc4cc(Cl)c(F)cc4F)cc3c2N(C)S(C)(=O)=O)C1=O)S(C)(=O)=O. The number of hydrogen-bond acceptors (Lipinski definition) is 7. The minimum atomic E-state index is -3.86. The summed E-state index contributed by atoms with van der Waals surface area (Å²) in [7, 11) is -4.72. The lowest BCUT2D eigenvalue weighted by atomic mass is 9.98. The molecule has 0 unspecified atom stereocenters. The van der Waals surface area contributed by atoms with Gasteiger partial charge in [0.25, 0.3) is 5.91 Å². The van der Waals surface area contributed by atoms with Gasteiger partial charge in [0.05, 0.1) is 28.8 Å². The van der Waals surface area contributed by atoms with Crippen molar-refractivity contribution in [2.75, 3.05) is 44.0 Å². The Morgan fingerprint density at radius 3 is 2.36 bits per heavy atom. The molecule has 1 amide bonds. The van der Waals surface area contributed by atoms with Gasteiger partial charge in [0.15, 0.2) is 5.75 Å². The van der Waals surface area contributed by atoms with Crippen LogP contribution in [0.3, 0.4) is 0 Å². The molecule has 15 heteroatoms. The summed E-state index contributed by atoms with van der Waals surface area (Å²) in [4.78, 5) is 18.8. The van der Waals surface area contributed by atoms with Crippen LogP contribution in [0.2, 0.25) is 5.02 Å². The summed E-state index contributed by atoms with van der Waals surface area (Å²) in [6.07, 6.45) is 3.26. The van der Waals surface area contributed by atoms with Crippen molar-refractivity contribution in [2.24, 2.45) is 0 Å². The third kappa shape index (κ3) is 5.51. The van der Waals surface area contributed by atoms with Gasteiger partial charge in [-0.25, -0.2) is 29.9 Å². The van der Waals surface area contributed by atoms with Crippen LogP contribution >= 0.6 is 11.6 Å². The Bertz CT molecular complexity index is 1730. The number of phenolic OH excluding ortho intramolecular Hbond substituents is 1. The van der Waals surface area contributed by atoms with E-state index >= 15 is 0 Å². The van der Waals surface area contributed by atoms with Gasteiger partial charge >= 0.3 is 0 Å². The smallest absolute Gasteiger partial charge is 0.258 e. The van der Waals surface area contributed by atoms with Gasteiger partial charge in [-0.05, 0) is 23.3 Å². The summed E-state index contributed by atoms with van der Waals surface area (Å²) >= 11 is 5.81. The monoisotopic (exact) mass is 602 g/mol. The highest BCUT2D eigenvalue weighted by Crippen LogP contribution is 2.44. The molecule has 0 saturated heterocycles. The van der Waals surface area contributed by atoms with E-state index in [9.17, 15) is 35.5 Å². The lowest BCUT2D eigenvalue weighted by molar-refractivity contribution is 0.0771. The lowest BCUT2D eigenvalue weighted by Crippen LogP contribution is -2.36. The van der Waals surface area contributed by atoms with Gasteiger partial charge in [0, 0.05) is 63.4 Å². The van der Waals surface area contributed by atoms with E-state index in [1.165, 1.54) is 31.3 Å². The number of likely N-dealkylation sites (N-methyl/N-ethyl adjacent to an activating group) is 1. The number of pyridine rings is 1. The highest BCUT2D eigenvalue weighted by molar-refractivity contribution is 7.92. The topological polar surface area (TPSA) is 128 Å². The number of carbonyl (C=O) groups is 1. The first-order chi connectivity index (χ1) is 18.0. The van der Waals surface area contributed by atoms with Crippen LogP contribution in [0.4, 0.5) is 14.5 Å². The van der Waals surface area contributed by atoms with Crippen molar-refractivity contribution in [2.45, 2.75) is 13.0 Å². The molecule has 1 aliphatic heterocycles. The number of hydrogen-bond donors (Lipinski definition) is 1. The van der Waals surface area contributed by atoms with E-state index in [4.69, 9.17) is 11.6 Å². The van der Waals surface area contributed by atoms with E-state index in [0.29, 0.717) is 11.6 Å². The van der Waals surface area contributed by atoms with Crippen LogP contribution in [0.15, 0.2) is 24.4 Å². The molecular formula is C24H25ClF2N4O6S2. The van der Waals surface area contributed by atoms with Gasteiger partial charge in [-0.2, -0.15) is 0 Å². The number of anilines is 1. The molecule has 39 heavy (non-hydrogen) atoms. The van der Waals surface area contributed by atoms with E-state index < -0.39 is 43.3 Å². The number of aromatic nitrogens is 1. The summed E-state index contributed by atoms with van der Waals surface area (Å²) in [5, 5.41) is 11.0. The average molecular weight is 603 g/mol. The molecule has 3 aromatic rings. The molecule has 0 bridgehead atoms. The van der Waals surface area contributed by atoms with Crippen molar-refractivity contribution in [1.29, 1.82) is 0 Å². The standard InChI is InChI=1S/C24H25ClF2N4O6S2/c1-29(38(3,34)35)5-6-31-12-16-20(24(31)33)23(32)21-15(22(16)30(2)39(4,36)37)8-13(11-28-21)7-14-9-17(25)19(27)10-18(14)26/h8-11,32H,5-7,12H2,1-4H3. The minimum Gasteiger partial charge on any atom is -0.505 e. The molecule has 0 atom stereocenters. The van der Waals surface area contributed by atoms with Crippen molar-refractivity contribution in [1.82, 2.24) is 14.2 Å². The maximum atomic E-state index is 14.4. The van der Waals surface area contributed by atoms with Crippen molar-refractivity contribution in [3.05, 3.63) is 63.3 Å². The van der Waals surface area contributed by atoms with Crippen molar-refractivity contribution in [3.8, 4) is 5.75 Å². The summed E-state index contributed by atoms with van der Waals surface area (Å²) in [5.41, 5.74) is 0.606. The fourth-order valence-corrected chi connectivity index (χ4v) is 5.51. The Hall–Kier alpha value is -3.07. The zero-order valence-electron chi connectivity index (χ0n) is 21.4. The number of benzene rings is 2. The third-order valence-corrected chi connectivity index (χ3v) is 9.43. The zero-order valence-corrected chi connectivity index (χ0v) is 23.8. The van der Waals surface area contributed by atoms with Gasteiger partial charge in [0.1, 0.15) is 17.2 Å². The molecule has 210 valence electrons. The Morgan fingerprint density at radius 1 is 1.08 bits per heavy atom. The number of aromatic hydroxyl groups is 1. The van der Waals surface area contributed by atoms with Crippen molar-refractivity contribution < 1.29 is 35.5 Å². The van der Waals surface area contributed by atoms with E-state index in [2.05, 4.69) is 4.98 Å². The molecule has 0 fully saturated rings. The van der Waals surface area contributed by atoms with E-state index in [-0.39, 0.29) is 64.4 Å². The fourth-order valence-electron chi connectivity index (χ4n) is 4.37. The summed E-state index contributed by atoms with van der Waals surface area (Å²) < 4.78 is 78.8. The highest BCUT2D eigenvalue weighted by Gasteiger charge is 2.37. The predicted molar refractivity (Wildman–Crippen MR) is 143 cm³/mol. The van der Waals surface area contributed by atoms with Crippen LogP contribution < -0.4 is 4.31 Å². The highest BCUT2D eigenvalue weighted by atomic mass is 35.5. The number of halogens is 3. The van der Waals surface area contributed by atoms with Crippen LogP contribution in [0.5, 0.6) is 5.75 Å². The van der Waals surface area contributed by atoms with Crippen LogP contribution in [0.1, 0.15) is 27.0 Å². The summed E-state index contributed by atoms with van der Waals surface area (Å²) in [6, 6.07) is 3.32. The molecule has 10 nitrogen and oxygen atoms in total. The second kappa shape index (κ2) is 10.2. The Kier molecular flexibility index (Phi) is 7.53. The molecular weight excluding hydrogens is 578 g/mol. The van der Waals surface area contributed by atoms with Gasteiger partial charge in [-0.3, -0.25) is 14.1 Å². The van der Waals surface area contributed by atoms with Crippen molar-refractivity contribution in [3.63, 3.8) is 0 Å². The third-order valence-electron chi connectivity index (χ3n) is 6.65. The van der Waals surface area contributed by atoms with Gasteiger partial charge in [0.2, 0.25) is 20.0 Å². The number of phenols is 1. The van der Waals surface area contributed by atoms with Crippen LogP contribution in [0, 0.1) is 11.6 Å². The van der Waals surface area contributed by atoms with E-state index in [1.807, 2.05) is 0 Å². The molecule has 1 aromatic heterocycles. The van der Waals surface area contributed by atoms with Gasteiger partial charge in [-0.1, -0.05) is 11.6 Å². The zero-order chi connectivity index (χ0) is 29.0. The first-order valence-corrected chi connectivity index (χ1v) is 15.5. The lowest BCUT2D eigenvalue weighted by Gasteiger charge is -2.23. The summed E-state index contributed by atoms with van der Waals surface area (Å²) in [6.45, 7) is -0.140. The molecule has 4 rings (SSSR count). The number of amides is 1. The maximum absolute atomic E-state index is 14.4. The predicted octanol–water partition coefficient (Wildman–Crippen LogP) is 2.71. The number of fused-ring (bicyclic) bond motifs is 2. The number of carbonyl (C=O) groups excluding carboxylic acids is 1. The normalized spacial score (nSPS) is 13.9. The van der Waals surface area contributed by atoms with E-state index in [0.717, 1.165) is 27.2 Å². The molecule has 1 N–H and O–H groups in total. The van der Waals surface area contributed by atoms with Gasteiger partial charge < -0.3 is 10.0 Å². The quantitative estimate of drug-likeness (QED) is 0.393. The van der Waals surface area contributed by atoms with Crippen molar-refractivity contribution >= 4 is 54.1 Å². The van der Waals surface area contributed by atoms with Crippen LogP contribution in [0.25, 0.3) is 10.9 Å². The number of rotatable bonds is 8. The molecule has 1 aliphatic rings. The largest absolute Gasteiger partial charge is 0.505 e. The first-order valence-electron chi connectivity index (χ1n) is 11.4. The molecule has 0 aliphatic carbocycles. The Balaban J connectivity index is 1.85. The molecule has 0 spiro atoms. The van der Waals surface area contributed by atoms with Gasteiger partial charge in [-0.15, -0.1) is 0 Å². The Labute approximate surface area is 229 Å². The fraction of sp³-hybridized carbons (Fsp3) is 0.333. The minimum absolute atomic E-state index is 0.0157. The second-order valence-electron chi connectivity index (χ2n) is 9.37. The number of sulfonamides is 2. The molecule has 2 heterocycles.